The summed E-state index contributed by atoms with van der Waals surface area (Å²) in [7, 11) is 0. The molecule has 0 aromatic carbocycles. The van der Waals surface area contributed by atoms with Crippen LogP contribution in [-0.2, 0) is 4.74 Å². The Balaban J connectivity index is 2.33. The maximum Gasteiger partial charge on any atom is 0.409 e. The molecule has 1 amide bonds. The summed E-state index contributed by atoms with van der Waals surface area (Å²) in [5.74, 6) is 0. The molecule has 1 atom stereocenters. The van der Waals surface area contributed by atoms with Crippen LogP contribution in [0.3, 0.4) is 0 Å². The van der Waals surface area contributed by atoms with Gasteiger partial charge >= 0.3 is 6.09 Å². The molecule has 0 radical (unpaired) electrons. The number of rotatable bonds is 2. The van der Waals surface area contributed by atoms with Gasteiger partial charge in [-0.3, -0.25) is 0 Å². The molecule has 1 saturated heterocycles. The zero-order valence-electron chi connectivity index (χ0n) is 5.84. The van der Waals surface area contributed by atoms with Crippen molar-refractivity contribution in [3.05, 3.63) is 0 Å². The molecular formula is C6H10BrNO2. The Bertz CT molecular complexity index is 138. The number of halogens is 1. The van der Waals surface area contributed by atoms with E-state index in [-0.39, 0.29) is 6.09 Å². The summed E-state index contributed by atoms with van der Waals surface area (Å²) in [5.41, 5.74) is 0. The predicted molar refractivity (Wildman–Crippen MR) is 41.3 cm³/mol. The third kappa shape index (κ3) is 1.87. The first kappa shape index (κ1) is 7.85. The van der Waals surface area contributed by atoms with E-state index in [0.717, 1.165) is 13.1 Å². The van der Waals surface area contributed by atoms with Crippen molar-refractivity contribution in [2.45, 2.75) is 11.8 Å². The second kappa shape index (κ2) is 3.23. The molecule has 1 aliphatic rings. The maximum atomic E-state index is 10.8. The summed E-state index contributed by atoms with van der Waals surface area (Å²) in [5, 5.41) is 0. The highest BCUT2D eigenvalue weighted by atomic mass is 79.9. The average molecular weight is 208 g/mol. The molecule has 0 aliphatic carbocycles. The SMILES string of the molecule is CC(Br)CN1CCOC1=O. The van der Waals surface area contributed by atoms with E-state index in [0.29, 0.717) is 11.4 Å². The van der Waals surface area contributed by atoms with Gasteiger partial charge < -0.3 is 9.64 Å². The summed E-state index contributed by atoms with van der Waals surface area (Å²) in [6.07, 6.45) is -0.189. The van der Waals surface area contributed by atoms with Gasteiger partial charge in [-0.1, -0.05) is 22.9 Å². The normalized spacial score (nSPS) is 21.0. The van der Waals surface area contributed by atoms with Crippen LogP contribution >= 0.6 is 15.9 Å². The lowest BCUT2D eigenvalue weighted by Gasteiger charge is -2.13. The van der Waals surface area contributed by atoms with Crippen LogP contribution in [0.15, 0.2) is 0 Å². The van der Waals surface area contributed by atoms with Crippen LogP contribution in [0.5, 0.6) is 0 Å². The van der Waals surface area contributed by atoms with Crippen molar-refractivity contribution in [2.24, 2.45) is 0 Å². The van der Waals surface area contributed by atoms with Gasteiger partial charge in [-0.15, -0.1) is 0 Å². The van der Waals surface area contributed by atoms with Crippen molar-refractivity contribution >= 4 is 22.0 Å². The molecule has 0 spiro atoms. The highest BCUT2D eigenvalue weighted by Gasteiger charge is 2.22. The number of carbonyl (C=O) groups excluding carboxylic acids is 1. The standard InChI is InChI=1S/C6H10BrNO2/c1-5(7)4-8-2-3-10-6(8)9/h5H,2-4H2,1H3. The summed E-state index contributed by atoms with van der Waals surface area (Å²) in [6.45, 7) is 4.01. The van der Waals surface area contributed by atoms with Gasteiger partial charge in [-0.2, -0.15) is 0 Å². The monoisotopic (exact) mass is 207 g/mol. The molecule has 0 bridgehead atoms. The third-order valence-corrected chi connectivity index (χ3v) is 1.61. The molecule has 1 rings (SSSR count). The number of hydrogen-bond donors (Lipinski definition) is 0. The van der Waals surface area contributed by atoms with Gasteiger partial charge in [0.25, 0.3) is 0 Å². The number of cyclic esters (lactones) is 1. The van der Waals surface area contributed by atoms with E-state index in [2.05, 4.69) is 15.9 Å². The minimum Gasteiger partial charge on any atom is -0.448 e. The Kier molecular flexibility index (Phi) is 2.54. The van der Waals surface area contributed by atoms with E-state index >= 15 is 0 Å². The van der Waals surface area contributed by atoms with Gasteiger partial charge in [0.15, 0.2) is 0 Å². The second-order valence-electron chi connectivity index (χ2n) is 2.34. The van der Waals surface area contributed by atoms with Crippen molar-refractivity contribution in [2.75, 3.05) is 19.7 Å². The summed E-state index contributed by atoms with van der Waals surface area (Å²) in [4.78, 5) is 12.8. The van der Waals surface area contributed by atoms with E-state index in [1.165, 1.54) is 0 Å². The topological polar surface area (TPSA) is 29.5 Å². The molecule has 0 aromatic rings. The predicted octanol–water partition coefficient (Wildman–Crippen LogP) is 1.22. The van der Waals surface area contributed by atoms with E-state index in [1.54, 1.807) is 4.90 Å². The lowest BCUT2D eigenvalue weighted by Crippen LogP contribution is -2.29. The molecule has 1 fully saturated rings. The Morgan fingerprint density at radius 1 is 1.90 bits per heavy atom. The summed E-state index contributed by atoms with van der Waals surface area (Å²) < 4.78 is 4.73. The highest BCUT2D eigenvalue weighted by Crippen LogP contribution is 2.07. The van der Waals surface area contributed by atoms with Crippen LogP contribution in [0.1, 0.15) is 6.92 Å². The zero-order valence-corrected chi connectivity index (χ0v) is 7.43. The number of nitrogens with zero attached hydrogens (tertiary/aromatic N) is 1. The van der Waals surface area contributed by atoms with Crippen LogP contribution < -0.4 is 0 Å². The number of ether oxygens (including phenoxy) is 1. The smallest absolute Gasteiger partial charge is 0.409 e. The summed E-state index contributed by atoms with van der Waals surface area (Å²) in [6, 6.07) is 0. The molecule has 3 nitrogen and oxygen atoms in total. The Hall–Kier alpha value is -0.250. The van der Waals surface area contributed by atoms with E-state index in [4.69, 9.17) is 4.74 Å². The minimum absolute atomic E-state index is 0.189. The largest absolute Gasteiger partial charge is 0.448 e. The van der Waals surface area contributed by atoms with Gasteiger partial charge in [0.1, 0.15) is 6.61 Å². The van der Waals surface area contributed by atoms with Crippen LogP contribution in [0.4, 0.5) is 4.79 Å². The van der Waals surface area contributed by atoms with Crippen molar-refractivity contribution in [1.29, 1.82) is 0 Å². The lowest BCUT2D eigenvalue weighted by molar-refractivity contribution is 0.159. The van der Waals surface area contributed by atoms with Gasteiger partial charge in [-0.05, 0) is 0 Å². The number of amides is 1. The van der Waals surface area contributed by atoms with Crippen molar-refractivity contribution < 1.29 is 9.53 Å². The molecule has 58 valence electrons. The minimum atomic E-state index is -0.189. The van der Waals surface area contributed by atoms with Crippen molar-refractivity contribution in [1.82, 2.24) is 4.90 Å². The van der Waals surface area contributed by atoms with Crippen LogP contribution in [0.25, 0.3) is 0 Å². The third-order valence-electron chi connectivity index (χ3n) is 1.32. The van der Waals surface area contributed by atoms with Crippen LogP contribution in [0.2, 0.25) is 0 Å². The molecule has 1 unspecified atom stereocenters. The molecular weight excluding hydrogens is 198 g/mol. The molecule has 1 heterocycles. The van der Waals surface area contributed by atoms with E-state index < -0.39 is 0 Å². The van der Waals surface area contributed by atoms with Crippen LogP contribution in [0, 0.1) is 0 Å². The fraction of sp³-hybridized carbons (Fsp3) is 0.833. The second-order valence-corrected chi connectivity index (χ2v) is 3.90. The number of hydrogen-bond acceptors (Lipinski definition) is 2. The Morgan fingerprint density at radius 3 is 3.00 bits per heavy atom. The zero-order chi connectivity index (χ0) is 7.56. The van der Waals surface area contributed by atoms with Gasteiger partial charge in [0.2, 0.25) is 0 Å². The van der Waals surface area contributed by atoms with Crippen LogP contribution in [-0.4, -0.2) is 35.5 Å². The first-order valence-electron chi connectivity index (χ1n) is 3.26. The molecule has 1 aliphatic heterocycles. The molecule has 4 heteroatoms. The molecule has 0 saturated carbocycles. The molecule has 0 N–H and O–H groups in total. The molecule has 10 heavy (non-hydrogen) atoms. The van der Waals surface area contributed by atoms with Crippen molar-refractivity contribution in [3.63, 3.8) is 0 Å². The lowest BCUT2D eigenvalue weighted by atomic mass is 10.4. The molecule has 0 aromatic heterocycles. The van der Waals surface area contributed by atoms with Gasteiger partial charge in [0.05, 0.1) is 6.54 Å². The first-order chi connectivity index (χ1) is 4.70. The quantitative estimate of drug-likeness (QED) is 0.638. The number of carbonyl (C=O) groups is 1. The number of alkyl halides is 1. The average Bonchev–Trinajstić information content (AvgIpc) is 2.15. The summed E-state index contributed by atoms with van der Waals surface area (Å²) >= 11 is 3.36. The van der Waals surface area contributed by atoms with Gasteiger partial charge in [0, 0.05) is 11.4 Å². The fourth-order valence-electron chi connectivity index (χ4n) is 0.895. The fourth-order valence-corrected chi connectivity index (χ4v) is 1.24. The van der Waals surface area contributed by atoms with E-state index in [1.807, 2.05) is 6.92 Å². The Labute approximate surface area is 68.5 Å². The first-order valence-corrected chi connectivity index (χ1v) is 4.17. The highest BCUT2D eigenvalue weighted by molar-refractivity contribution is 9.09. The Morgan fingerprint density at radius 2 is 2.60 bits per heavy atom. The van der Waals surface area contributed by atoms with Crippen molar-refractivity contribution in [3.8, 4) is 0 Å². The van der Waals surface area contributed by atoms with E-state index in [9.17, 15) is 4.79 Å². The maximum absolute atomic E-state index is 10.8. The van der Waals surface area contributed by atoms with Gasteiger partial charge in [-0.25, -0.2) is 4.79 Å².